The Labute approximate surface area is 132 Å². The number of hydrogen-bond donors (Lipinski definition) is 0. The quantitative estimate of drug-likeness (QED) is 0.553. The Balaban J connectivity index is -0.000000563. The number of rotatable bonds is 0. The molecular weight excluding hydrogens is 318 g/mol. The van der Waals surface area contributed by atoms with Crippen LogP contribution in [0.1, 0.15) is 41.5 Å². The fraction of sp³-hybridized carbons (Fsp3) is 0.692. The third-order valence-electron chi connectivity index (χ3n) is 2.51. The largest absolute Gasteiger partial charge is 0.265 e. The number of allylic oxidation sites excluding steroid dienone is 4. The summed E-state index contributed by atoms with van der Waals surface area (Å²) in [5.41, 5.74) is 1.91. The maximum atomic E-state index is 3.58. The van der Waals surface area contributed by atoms with Gasteiger partial charge in [-0.05, 0) is 10.8 Å². The molecule has 0 nitrogen and oxygen atoms in total. The Hall–Kier alpha value is 0.943. The van der Waals surface area contributed by atoms with Crippen molar-refractivity contribution in [3.63, 3.8) is 0 Å². The molecule has 0 aromatic carbocycles. The van der Waals surface area contributed by atoms with Crippen LogP contribution in [0.3, 0.4) is 0 Å². The van der Waals surface area contributed by atoms with E-state index in [1.165, 1.54) is 5.57 Å². The predicted octanol–water partition coefficient (Wildman–Crippen LogP) is 4.84. The average molecular weight is 341 g/mol. The zero-order valence-electron chi connectivity index (χ0n) is 11.0. The van der Waals surface area contributed by atoms with Crippen LogP contribution in [-0.2, 0) is 26.2 Å². The van der Waals surface area contributed by atoms with E-state index in [0.717, 1.165) is 0 Å². The maximum Gasteiger partial charge on any atom is 0 e. The van der Waals surface area contributed by atoms with Crippen LogP contribution in [0.25, 0.3) is 0 Å². The fourth-order valence-electron chi connectivity index (χ4n) is 1.43. The van der Waals surface area contributed by atoms with Crippen molar-refractivity contribution in [2.45, 2.75) is 41.5 Å². The summed E-state index contributed by atoms with van der Waals surface area (Å²) in [5, 5.41) is 0. The van der Waals surface area contributed by atoms with Crippen LogP contribution in [0.2, 0.25) is 0 Å². The molecule has 0 fully saturated rings. The van der Waals surface area contributed by atoms with Crippen molar-refractivity contribution in [3.8, 4) is 0 Å². The first-order valence-electron chi connectivity index (χ1n) is 5.03. The first-order valence-corrected chi connectivity index (χ1v) is 5.03. The van der Waals surface area contributed by atoms with E-state index in [-0.39, 0.29) is 56.4 Å². The molecule has 0 heterocycles. The van der Waals surface area contributed by atoms with E-state index in [4.69, 9.17) is 0 Å². The van der Waals surface area contributed by atoms with Gasteiger partial charge in [-0.3, -0.25) is 6.08 Å². The monoisotopic (exact) mass is 339 g/mol. The van der Waals surface area contributed by atoms with Gasteiger partial charge >= 0.3 is 0 Å². The Bertz CT molecular complexity index is 254. The van der Waals surface area contributed by atoms with Crippen molar-refractivity contribution in [1.29, 1.82) is 0 Å². The third kappa shape index (κ3) is 6.03. The zero-order valence-corrected chi connectivity index (χ0v) is 15.1. The maximum absolute atomic E-state index is 3.58. The molecule has 1 rings (SSSR count). The summed E-state index contributed by atoms with van der Waals surface area (Å²) in [7, 11) is 0. The summed E-state index contributed by atoms with van der Waals surface area (Å²) < 4.78 is 0. The van der Waals surface area contributed by atoms with Crippen molar-refractivity contribution in [1.82, 2.24) is 0 Å². The average Bonchev–Trinajstić information content (AvgIpc) is 2.28. The molecule has 1 aliphatic rings. The van der Waals surface area contributed by atoms with Gasteiger partial charge < -0.3 is 0 Å². The van der Waals surface area contributed by atoms with Crippen molar-refractivity contribution in [3.05, 3.63) is 23.8 Å². The minimum absolute atomic E-state index is 0. The Morgan fingerprint density at radius 3 is 1.62 bits per heavy atom. The molecule has 0 bridgehead atoms. The SMILES string of the molecule is CC(C)(C)C1=[C-]C(C(C)(C)C)C=C1.Cl.Cl.[Zr]. The minimum atomic E-state index is 0. The molecule has 0 radical (unpaired) electrons. The molecule has 0 amide bonds. The van der Waals surface area contributed by atoms with Crippen molar-refractivity contribution >= 4 is 24.8 Å². The van der Waals surface area contributed by atoms with Crippen molar-refractivity contribution in [2.75, 3.05) is 0 Å². The topological polar surface area (TPSA) is 0 Å². The van der Waals surface area contributed by atoms with Gasteiger partial charge in [-0.2, -0.15) is 6.08 Å². The van der Waals surface area contributed by atoms with E-state index in [1.807, 2.05) is 0 Å². The van der Waals surface area contributed by atoms with Gasteiger partial charge in [0.2, 0.25) is 0 Å². The molecule has 0 aromatic rings. The molecular formula is C13H23Cl2Zr-. The minimum Gasteiger partial charge on any atom is -0.265 e. The molecule has 0 saturated heterocycles. The van der Waals surface area contributed by atoms with Gasteiger partial charge in [-0.1, -0.05) is 47.5 Å². The van der Waals surface area contributed by atoms with Crippen LogP contribution >= 0.6 is 24.8 Å². The first-order chi connectivity index (χ1) is 5.71. The van der Waals surface area contributed by atoms with Crippen LogP contribution in [0, 0.1) is 22.8 Å². The Morgan fingerprint density at radius 2 is 1.44 bits per heavy atom. The second-order valence-electron chi connectivity index (χ2n) is 6.01. The third-order valence-corrected chi connectivity index (χ3v) is 2.51. The van der Waals surface area contributed by atoms with E-state index >= 15 is 0 Å². The summed E-state index contributed by atoms with van der Waals surface area (Å²) >= 11 is 0. The summed E-state index contributed by atoms with van der Waals surface area (Å²) in [6.07, 6.45) is 8.09. The first kappa shape index (κ1) is 22.2. The second kappa shape index (κ2) is 7.39. The standard InChI is InChI=1S/C13H21.2ClH.Zr/c1-12(2,3)10-7-8-11(9-10)13(4,5)6;;;/h7-8,10H,1-6H3;2*1H;/q-1;;;. The van der Waals surface area contributed by atoms with E-state index in [0.29, 0.717) is 11.3 Å². The van der Waals surface area contributed by atoms with Crippen LogP contribution in [0.15, 0.2) is 17.7 Å². The molecule has 94 valence electrons. The molecule has 16 heavy (non-hydrogen) atoms. The van der Waals surface area contributed by atoms with Crippen LogP contribution in [-0.4, -0.2) is 0 Å². The zero-order chi connectivity index (χ0) is 10.3. The molecule has 1 aliphatic carbocycles. The van der Waals surface area contributed by atoms with Gasteiger partial charge in [0.25, 0.3) is 0 Å². The van der Waals surface area contributed by atoms with Gasteiger partial charge in [0.1, 0.15) is 0 Å². The number of hydrogen-bond acceptors (Lipinski definition) is 0. The Morgan fingerprint density at radius 1 is 1.00 bits per heavy atom. The van der Waals surface area contributed by atoms with E-state index in [2.05, 4.69) is 59.8 Å². The normalized spacial score (nSPS) is 19.1. The van der Waals surface area contributed by atoms with Crippen molar-refractivity contribution < 1.29 is 26.2 Å². The molecule has 0 aromatic heterocycles. The summed E-state index contributed by atoms with van der Waals surface area (Å²) in [4.78, 5) is 0. The van der Waals surface area contributed by atoms with E-state index < -0.39 is 0 Å². The molecule has 0 saturated carbocycles. The van der Waals surface area contributed by atoms with Gasteiger partial charge in [0.15, 0.2) is 0 Å². The van der Waals surface area contributed by atoms with Crippen LogP contribution in [0.5, 0.6) is 0 Å². The summed E-state index contributed by atoms with van der Waals surface area (Å²) in [6, 6.07) is 0. The smallest absolute Gasteiger partial charge is 0 e. The van der Waals surface area contributed by atoms with E-state index in [9.17, 15) is 0 Å². The Kier molecular flexibility index (Phi) is 10.2. The van der Waals surface area contributed by atoms with Gasteiger partial charge in [0.05, 0.1) is 0 Å². The molecule has 0 N–H and O–H groups in total. The van der Waals surface area contributed by atoms with Gasteiger partial charge in [-0.25, -0.2) is 11.6 Å². The molecule has 1 atom stereocenters. The van der Waals surface area contributed by atoms with Gasteiger partial charge in [0, 0.05) is 26.2 Å². The van der Waals surface area contributed by atoms with Gasteiger partial charge in [-0.15, -0.1) is 24.8 Å². The summed E-state index contributed by atoms with van der Waals surface area (Å²) in [6.45, 7) is 13.5. The molecule has 0 spiro atoms. The predicted molar refractivity (Wildman–Crippen MR) is 72.8 cm³/mol. The second-order valence-corrected chi connectivity index (χ2v) is 6.01. The molecule has 0 aliphatic heterocycles. The molecule has 1 unspecified atom stereocenters. The van der Waals surface area contributed by atoms with Crippen LogP contribution in [0.4, 0.5) is 0 Å². The summed E-state index contributed by atoms with van der Waals surface area (Å²) in [5.74, 6) is 0.488. The van der Waals surface area contributed by atoms with Crippen LogP contribution < -0.4 is 0 Å². The molecule has 3 heteroatoms. The fourth-order valence-corrected chi connectivity index (χ4v) is 1.43. The van der Waals surface area contributed by atoms with E-state index in [1.54, 1.807) is 0 Å². The van der Waals surface area contributed by atoms with Crippen molar-refractivity contribution in [2.24, 2.45) is 16.7 Å². The number of halogens is 2.